The highest BCUT2D eigenvalue weighted by molar-refractivity contribution is 6.15. The lowest BCUT2D eigenvalue weighted by Gasteiger charge is -2.45. The van der Waals surface area contributed by atoms with E-state index >= 15 is 0 Å². The number of hydrogen-bond donors (Lipinski definition) is 0. The maximum atomic E-state index is 2.50. The maximum absolute atomic E-state index is 2.50. The van der Waals surface area contributed by atoms with Gasteiger partial charge >= 0.3 is 0 Å². The number of anilines is 4. The molecule has 270 valence electrons. The smallest absolute Gasteiger partial charge is 0.0454 e. The normalized spacial score (nSPS) is 15.2. The van der Waals surface area contributed by atoms with Crippen LogP contribution in [0.4, 0.5) is 22.7 Å². The molecule has 0 aromatic heterocycles. The molecule has 0 fully saturated rings. The van der Waals surface area contributed by atoms with E-state index in [4.69, 9.17) is 0 Å². The Hall–Kier alpha value is -6.38. The van der Waals surface area contributed by atoms with Gasteiger partial charge in [-0.15, -0.1) is 0 Å². The highest BCUT2D eigenvalue weighted by atomic mass is 15.1. The van der Waals surface area contributed by atoms with Gasteiger partial charge in [-0.3, -0.25) is 0 Å². The van der Waals surface area contributed by atoms with Crippen molar-refractivity contribution in [2.45, 2.75) is 38.5 Å². The lowest BCUT2D eigenvalue weighted by Crippen LogP contribution is -2.35. The Morgan fingerprint density at radius 2 is 0.661 bits per heavy atom. The van der Waals surface area contributed by atoms with E-state index < -0.39 is 0 Å². The first kappa shape index (κ1) is 33.0. The van der Waals surface area contributed by atoms with E-state index in [9.17, 15) is 0 Å². The van der Waals surface area contributed by atoms with E-state index in [-0.39, 0.29) is 10.8 Å². The van der Waals surface area contributed by atoms with Crippen LogP contribution in [0.1, 0.15) is 49.9 Å². The van der Waals surface area contributed by atoms with Gasteiger partial charge in [0.05, 0.1) is 0 Å². The van der Waals surface area contributed by atoms with E-state index in [0.717, 1.165) is 0 Å². The number of fused-ring (bicyclic) bond motifs is 10. The molecule has 0 unspecified atom stereocenters. The van der Waals surface area contributed by atoms with Crippen LogP contribution in [0.15, 0.2) is 158 Å². The second-order valence-corrected chi connectivity index (χ2v) is 17.1. The summed E-state index contributed by atoms with van der Waals surface area (Å²) >= 11 is 0. The fourth-order valence-electron chi connectivity index (χ4n) is 10.3. The van der Waals surface area contributed by atoms with Crippen LogP contribution in [0.25, 0.3) is 65.3 Å². The highest BCUT2D eigenvalue weighted by Gasteiger charge is 2.41. The first-order valence-corrected chi connectivity index (χ1v) is 19.9. The molecule has 56 heavy (non-hydrogen) atoms. The quantitative estimate of drug-likeness (QED) is 0.164. The third kappa shape index (κ3) is 4.50. The van der Waals surface area contributed by atoms with Crippen molar-refractivity contribution in [3.05, 3.63) is 180 Å². The molecule has 9 aromatic carbocycles. The Morgan fingerprint density at radius 3 is 1.07 bits per heavy atom. The Bertz CT molecular complexity index is 2920. The molecule has 9 aromatic rings. The fraction of sp³-hybridized carbons (Fsp3) is 0.148. The minimum atomic E-state index is -0.221. The van der Waals surface area contributed by atoms with Gasteiger partial charge in [-0.25, -0.2) is 0 Å². The molecule has 0 aliphatic carbocycles. The predicted octanol–water partition coefficient (Wildman–Crippen LogP) is 14.4. The van der Waals surface area contributed by atoms with Crippen LogP contribution >= 0.6 is 0 Å². The van der Waals surface area contributed by atoms with Gasteiger partial charge in [0.25, 0.3) is 0 Å². The van der Waals surface area contributed by atoms with Crippen LogP contribution in [0, 0.1) is 0 Å². The summed E-state index contributed by atoms with van der Waals surface area (Å²) < 4.78 is 0. The van der Waals surface area contributed by atoms with Crippen LogP contribution in [0.3, 0.4) is 0 Å². The molecule has 2 heteroatoms. The van der Waals surface area contributed by atoms with Gasteiger partial charge in [0.15, 0.2) is 0 Å². The Balaban J connectivity index is 1.04. The molecule has 2 nitrogen and oxygen atoms in total. The standard InChI is InChI=1S/C54H44N2/c1-53(2)45-29-35(43-27-33-15-7-9-17-37(33)39-19-11-13-21-41(39)43)23-25-49(45)55(5)51-32-48-52(31-47(51)53)56(6)50-26-24-36(30-46(50)54(48,3)4)44-28-34-16-8-10-18-38(34)40-20-12-14-22-42(40)44/h7-32H,1-6H3. The number of benzene rings is 9. The SMILES string of the molecule is CN1c2ccc(-c3cc4ccccc4c4ccccc34)cc2C(C)(C)c2cc3c(cc21)C(C)(C)c1cc(-c2cc4ccccc4c4ccccc24)ccc1N3C. The Labute approximate surface area is 329 Å². The average Bonchev–Trinajstić information content (AvgIpc) is 3.23. The van der Waals surface area contributed by atoms with Crippen LogP contribution < -0.4 is 9.80 Å². The van der Waals surface area contributed by atoms with Crippen molar-refractivity contribution in [2.75, 3.05) is 23.9 Å². The van der Waals surface area contributed by atoms with E-state index in [1.165, 1.54) is 110 Å². The molecule has 0 spiro atoms. The monoisotopic (exact) mass is 720 g/mol. The lowest BCUT2D eigenvalue weighted by atomic mass is 9.68. The third-order valence-corrected chi connectivity index (χ3v) is 13.4. The van der Waals surface area contributed by atoms with Crippen molar-refractivity contribution in [1.82, 2.24) is 0 Å². The van der Waals surface area contributed by atoms with Gasteiger partial charge < -0.3 is 9.80 Å². The molecule has 0 amide bonds. The van der Waals surface area contributed by atoms with Gasteiger partial charge in [0, 0.05) is 47.7 Å². The minimum Gasteiger partial charge on any atom is -0.344 e. The molecule has 0 atom stereocenters. The van der Waals surface area contributed by atoms with Crippen molar-refractivity contribution in [1.29, 1.82) is 0 Å². The molecule has 0 bridgehead atoms. The van der Waals surface area contributed by atoms with Gasteiger partial charge in [-0.05, 0) is 136 Å². The summed E-state index contributed by atoms with van der Waals surface area (Å²) in [5.41, 5.74) is 15.2. The zero-order valence-corrected chi connectivity index (χ0v) is 32.9. The first-order valence-electron chi connectivity index (χ1n) is 19.9. The topological polar surface area (TPSA) is 6.48 Å². The minimum absolute atomic E-state index is 0.221. The molecule has 11 rings (SSSR count). The molecule has 0 radical (unpaired) electrons. The van der Waals surface area contributed by atoms with Crippen molar-refractivity contribution >= 4 is 65.8 Å². The summed E-state index contributed by atoms with van der Waals surface area (Å²) in [6, 6.07) is 59.3. The van der Waals surface area contributed by atoms with Crippen molar-refractivity contribution in [3.63, 3.8) is 0 Å². The first-order chi connectivity index (χ1) is 27.1. The van der Waals surface area contributed by atoms with Gasteiger partial charge in [-0.2, -0.15) is 0 Å². The lowest BCUT2D eigenvalue weighted by molar-refractivity contribution is 0.612. The van der Waals surface area contributed by atoms with Crippen molar-refractivity contribution in [2.24, 2.45) is 0 Å². The molecule has 0 N–H and O–H groups in total. The predicted molar refractivity (Wildman–Crippen MR) is 241 cm³/mol. The molecular formula is C54H44N2. The van der Waals surface area contributed by atoms with Crippen molar-refractivity contribution in [3.8, 4) is 22.3 Å². The van der Waals surface area contributed by atoms with Crippen LogP contribution in [0.2, 0.25) is 0 Å². The summed E-state index contributed by atoms with van der Waals surface area (Å²) in [7, 11) is 4.50. The summed E-state index contributed by atoms with van der Waals surface area (Å²) in [6.45, 7) is 9.64. The largest absolute Gasteiger partial charge is 0.344 e. The molecule has 2 aliphatic heterocycles. The molecule has 2 aliphatic rings. The molecule has 0 saturated heterocycles. The maximum Gasteiger partial charge on any atom is 0.0454 e. The van der Waals surface area contributed by atoms with Crippen LogP contribution in [0.5, 0.6) is 0 Å². The summed E-state index contributed by atoms with van der Waals surface area (Å²) in [5, 5.41) is 10.3. The van der Waals surface area contributed by atoms with Crippen LogP contribution in [-0.2, 0) is 10.8 Å². The number of nitrogens with zero attached hydrogens (tertiary/aromatic N) is 2. The number of hydrogen-bond acceptors (Lipinski definition) is 2. The Kier molecular flexibility index (Phi) is 6.82. The summed E-state index contributed by atoms with van der Waals surface area (Å²) in [6.07, 6.45) is 0. The Morgan fingerprint density at radius 1 is 0.321 bits per heavy atom. The van der Waals surface area contributed by atoms with E-state index in [1.54, 1.807) is 0 Å². The number of rotatable bonds is 2. The molecule has 2 heterocycles. The van der Waals surface area contributed by atoms with Crippen molar-refractivity contribution < 1.29 is 0 Å². The molecular weight excluding hydrogens is 677 g/mol. The highest BCUT2D eigenvalue weighted by Crippen LogP contribution is 2.56. The third-order valence-electron chi connectivity index (χ3n) is 13.4. The zero-order chi connectivity index (χ0) is 38.1. The zero-order valence-electron chi connectivity index (χ0n) is 32.9. The van der Waals surface area contributed by atoms with Gasteiger partial charge in [0.1, 0.15) is 0 Å². The fourth-order valence-corrected chi connectivity index (χ4v) is 10.3. The van der Waals surface area contributed by atoms with Crippen LogP contribution in [-0.4, -0.2) is 14.1 Å². The van der Waals surface area contributed by atoms with Gasteiger partial charge in [-0.1, -0.05) is 137 Å². The van der Waals surface area contributed by atoms with Gasteiger partial charge in [0.2, 0.25) is 0 Å². The van der Waals surface area contributed by atoms with E-state index in [1.807, 2.05) is 0 Å². The second-order valence-electron chi connectivity index (χ2n) is 17.1. The second kappa shape index (κ2) is 11.6. The molecule has 0 saturated carbocycles. The van der Waals surface area contributed by atoms with E-state index in [0.29, 0.717) is 0 Å². The summed E-state index contributed by atoms with van der Waals surface area (Å²) in [5.74, 6) is 0. The summed E-state index contributed by atoms with van der Waals surface area (Å²) in [4.78, 5) is 4.86. The average molecular weight is 721 g/mol. The van der Waals surface area contributed by atoms with E-state index in [2.05, 4.69) is 209 Å².